The van der Waals surface area contributed by atoms with Crippen LogP contribution in [0.2, 0.25) is 0 Å². The predicted molar refractivity (Wildman–Crippen MR) is 117 cm³/mol. The van der Waals surface area contributed by atoms with Crippen LogP contribution in [0, 0.1) is 6.92 Å². The molecule has 0 spiro atoms. The van der Waals surface area contributed by atoms with Crippen molar-refractivity contribution in [2.45, 2.75) is 51.9 Å². The second-order valence-corrected chi connectivity index (χ2v) is 8.10. The fraction of sp³-hybridized carbons (Fsp3) is 0.320. The third-order valence-corrected chi connectivity index (χ3v) is 6.05. The Morgan fingerprint density at radius 3 is 2.62 bits per heavy atom. The summed E-state index contributed by atoms with van der Waals surface area (Å²) >= 11 is 0. The molecule has 1 atom stereocenters. The molecule has 1 amide bonds. The first-order valence-electron chi connectivity index (χ1n) is 10.7. The van der Waals surface area contributed by atoms with Crippen molar-refractivity contribution in [3.63, 3.8) is 0 Å². The Kier molecular flexibility index (Phi) is 5.75. The van der Waals surface area contributed by atoms with E-state index in [0.717, 1.165) is 30.7 Å². The molecular weight excluding hydrogens is 417 g/mol. The number of fused-ring (bicyclic) bond motifs is 1. The predicted octanol–water partition coefficient (Wildman–Crippen LogP) is 5.95. The first kappa shape index (κ1) is 22.0. The third-order valence-electron chi connectivity index (χ3n) is 6.05. The van der Waals surface area contributed by atoms with E-state index in [1.807, 2.05) is 26.0 Å². The van der Waals surface area contributed by atoms with Gasteiger partial charge in [-0.1, -0.05) is 49.7 Å². The Morgan fingerprint density at radius 1 is 1.19 bits per heavy atom. The van der Waals surface area contributed by atoms with Gasteiger partial charge in [-0.3, -0.25) is 4.79 Å². The molecule has 0 aliphatic heterocycles. The van der Waals surface area contributed by atoms with E-state index in [-0.39, 0.29) is 11.8 Å². The lowest BCUT2D eigenvalue weighted by atomic mass is 9.97. The lowest BCUT2D eigenvalue weighted by Gasteiger charge is -2.21. The van der Waals surface area contributed by atoms with Gasteiger partial charge in [-0.15, -0.1) is 13.2 Å². The van der Waals surface area contributed by atoms with E-state index < -0.39 is 12.3 Å². The van der Waals surface area contributed by atoms with E-state index in [4.69, 9.17) is 5.73 Å². The number of benzene rings is 2. The van der Waals surface area contributed by atoms with Crippen molar-refractivity contribution >= 4 is 5.91 Å². The summed E-state index contributed by atoms with van der Waals surface area (Å²) in [6.45, 7) is 3.89. The van der Waals surface area contributed by atoms with Crippen molar-refractivity contribution in [3.05, 3.63) is 76.6 Å². The molecule has 2 aromatic carbocycles. The number of aryl methyl sites for hydroxylation is 1. The molecule has 1 aliphatic carbocycles. The summed E-state index contributed by atoms with van der Waals surface area (Å²) in [6, 6.07) is 14.0. The second-order valence-electron chi connectivity index (χ2n) is 8.10. The number of rotatable bonds is 6. The Hall–Kier alpha value is -3.22. The van der Waals surface area contributed by atoms with Crippen molar-refractivity contribution in [1.29, 1.82) is 0 Å². The highest BCUT2D eigenvalue weighted by Crippen LogP contribution is 2.42. The number of hydrogen-bond acceptors (Lipinski definition) is 2. The highest BCUT2D eigenvalue weighted by Gasteiger charge is 2.33. The summed E-state index contributed by atoms with van der Waals surface area (Å²) in [5.74, 6) is -0.925. The minimum atomic E-state index is -4.80. The van der Waals surface area contributed by atoms with Crippen LogP contribution >= 0.6 is 0 Å². The minimum absolute atomic E-state index is 0.0502. The molecule has 0 fully saturated rings. The number of nitrogens with two attached hydrogens (primary N) is 1. The van der Waals surface area contributed by atoms with Gasteiger partial charge in [0.1, 0.15) is 5.75 Å². The van der Waals surface area contributed by atoms with Gasteiger partial charge in [0.15, 0.2) is 0 Å². The fourth-order valence-electron chi connectivity index (χ4n) is 4.94. The number of nitrogens with zero attached hydrogens (tertiary/aromatic N) is 1. The van der Waals surface area contributed by atoms with Gasteiger partial charge in [-0.25, -0.2) is 0 Å². The molecule has 1 aliphatic rings. The van der Waals surface area contributed by atoms with E-state index in [2.05, 4.69) is 21.4 Å². The summed E-state index contributed by atoms with van der Waals surface area (Å²) in [6.07, 6.45) is -1.51. The molecule has 0 saturated carbocycles. The highest BCUT2D eigenvalue weighted by molar-refractivity contribution is 6.02. The number of alkyl halides is 3. The monoisotopic (exact) mass is 442 g/mol. The highest BCUT2D eigenvalue weighted by atomic mass is 19.4. The molecule has 1 unspecified atom stereocenters. The number of primary amides is 1. The van der Waals surface area contributed by atoms with Crippen molar-refractivity contribution in [1.82, 2.24) is 4.57 Å². The van der Waals surface area contributed by atoms with Gasteiger partial charge in [0, 0.05) is 17.0 Å². The molecule has 1 heterocycles. The topological polar surface area (TPSA) is 57.2 Å². The first-order chi connectivity index (χ1) is 15.2. The average molecular weight is 442 g/mol. The maximum absolute atomic E-state index is 12.8. The van der Waals surface area contributed by atoms with E-state index in [1.54, 1.807) is 6.07 Å². The normalized spacial score (nSPS) is 15.6. The molecular formula is C25H25F3N2O2. The molecule has 168 valence electrons. The lowest BCUT2D eigenvalue weighted by molar-refractivity contribution is -0.274. The minimum Gasteiger partial charge on any atom is -0.406 e. The lowest BCUT2D eigenvalue weighted by Crippen LogP contribution is -2.17. The van der Waals surface area contributed by atoms with E-state index in [1.165, 1.54) is 29.3 Å². The third kappa shape index (κ3) is 3.99. The molecule has 7 heteroatoms. The molecule has 0 radical (unpaired) electrons. The Morgan fingerprint density at radius 2 is 1.94 bits per heavy atom. The zero-order valence-corrected chi connectivity index (χ0v) is 18.0. The quantitative estimate of drug-likeness (QED) is 0.513. The fourth-order valence-corrected chi connectivity index (χ4v) is 4.94. The van der Waals surface area contributed by atoms with Crippen LogP contribution in [-0.2, 0) is 12.8 Å². The number of hydrogen-bond donors (Lipinski definition) is 1. The van der Waals surface area contributed by atoms with Crippen LogP contribution in [0.4, 0.5) is 13.2 Å². The van der Waals surface area contributed by atoms with Gasteiger partial charge < -0.3 is 15.0 Å². The Bertz CT molecular complexity index is 1160. The smallest absolute Gasteiger partial charge is 0.406 e. The summed E-state index contributed by atoms with van der Waals surface area (Å²) in [4.78, 5) is 12.6. The van der Waals surface area contributed by atoms with Crippen LogP contribution in [0.3, 0.4) is 0 Å². The molecule has 1 aromatic heterocycles. The number of carbonyl (C=O) groups is 1. The zero-order valence-electron chi connectivity index (χ0n) is 18.0. The Balaban J connectivity index is 1.93. The van der Waals surface area contributed by atoms with Crippen molar-refractivity contribution < 1.29 is 22.7 Å². The summed E-state index contributed by atoms with van der Waals surface area (Å²) in [7, 11) is 0. The van der Waals surface area contributed by atoms with E-state index in [0.29, 0.717) is 23.1 Å². The molecule has 2 N–H and O–H groups in total. The van der Waals surface area contributed by atoms with Gasteiger partial charge in [-0.2, -0.15) is 0 Å². The molecule has 0 saturated heterocycles. The summed E-state index contributed by atoms with van der Waals surface area (Å²) in [5, 5.41) is 0. The van der Waals surface area contributed by atoms with Crippen molar-refractivity contribution in [3.8, 4) is 16.9 Å². The summed E-state index contributed by atoms with van der Waals surface area (Å²) < 4.78 is 44.7. The second kappa shape index (κ2) is 8.37. The largest absolute Gasteiger partial charge is 0.573 e. The molecule has 3 aromatic rings. The number of aromatic nitrogens is 1. The maximum Gasteiger partial charge on any atom is 0.573 e. The van der Waals surface area contributed by atoms with E-state index in [9.17, 15) is 18.0 Å². The molecule has 0 bridgehead atoms. The van der Waals surface area contributed by atoms with Crippen LogP contribution < -0.4 is 10.5 Å². The zero-order chi connectivity index (χ0) is 23.0. The van der Waals surface area contributed by atoms with Gasteiger partial charge in [-0.05, 0) is 55.0 Å². The van der Waals surface area contributed by atoms with Gasteiger partial charge >= 0.3 is 6.36 Å². The van der Waals surface area contributed by atoms with Gasteiger partial charge in [0.25, 0.3) is 5.91 Å². The number of amides is 1. The Labute approximate surface area is 184 Å². The van der Waals surface area contributed by atoms with Crippen LogP contribution in [-0.4, -0.2) is 16.8 Å². The van der Waals surface area contributed by atoms with Crippen LogP contribution in [0.25, 0.3) is 11.1 Å². The van der Waals surface area contributed by atoms with Gasteiger partial charge in [0.05, 0.1) is 11.6 Å². The molecule has 4 nitrogen and oxygen atoms in total. The standard InChI is InChI=1S/C25H25F3N2O2/c1-3-7-21-23(17-9-6-10-18(14-17)32-25(26,27)28)22(24(29)31)15(2)30(21)20-13-12-16-8-4-5-11-19(16)20/h4-6,8-11,14,20H,3,7,12-13H2,1-2H3,(H2,29,31). The van der Waals surface area contributed by atoms with Crippen molar-refractivity contribution in [2.24, 2.45) is 5.73 Å². The number of carbonyl (C=O) groups excluding carboxylic acids is 1. The average Bonchev–Trinajstić information content (AvgIpc) is 3.26. The number of ether oxygens (including phenoxy) is 1. The molecule has 4 rings (SSSR count). The first-order valence-corrected chi connectivity index (χ1v) is 10.7. The van der Waals surface area contributed by atoms with Gasteiger partial charge in [0.2, 0.25) is 0 Å². The maximum atomic E-state index is 12.8. The summed E-state index contributed by atoms with van der Waals surface area (Å²) in [5.41, 5.74) is 11.3. The van der Waals surface area contributed by atoms with Crippen LogP contribution in [0.15, 0.2) is 48.5 Å². The van der Waals surface area contributed by atoms with Crippen LogP contribution in [0.5, 0.6) is 5.75 Å². The SMILES string of the molecule is CCCc1c(-c2cccc(OC(F)(F)F)c2)c(C(N)=O)c(C)n1C1CCc2ccccc21. The van der Waals surface area contributed by atoms with Crippen molar-refractivity contribution in [2.75, 3.05) is 0 Å². The van der Waals surface area contributed by atoms with E-state index >= 15 is 0 Å². The molecule has 32 heavy (non-hydrogen) atoms. The van der Waals surface area contributed by atoms with Crippen LogP contribution in [0.1, 0.15) is 58.7 Å². The number of halogens is 3.